The van der Waals surface area contributed by atoms with Gasteiger partial charge in [-0.15, -0.1) is 0 Å². The van der Waals surface area contributed by atoms with Crippen LogP contribution in [-0.4, -0.2) is 29.7 Å². The SMILES string of the molecule is COC(=O)COc1ccc(NCc2cncnc2)cc1. The molecule has 1 aromatic heterocycles. The summed E-state index contributed by atoms with van der Waals surface area (Å²) in [4.78, 5) is 18.8. The van der Waals surface area contributed by atoms with Crippen molar-refractivity contribution in [3.63, 3.8) is 0 Å². The van der Waals surface area contributed by atoms with Gasteiger partial charge in [0.25, 0.3) is 0 Å². The Kier molecular flexibility index (Phi) is 4.88. The maximum Gasteiger partial charge on any atom is 0.343 e. The van der Waals surface area contributed by atoms with Gasteiger partial charge in [0.05, 0.1) is 7.11 Å². The Morgan fingerprint density at radius 1 is 1.20 bits per heavy atom. The zero-order chi connectivity index (χ0) is 14.2. The fourth-order valence-corrected chi connectivity index (χ4v) is 1.50. The van der Waals surface area contributed by atoms with Gasteiger partial charge in [-0.3, -0.25) is 0 Å². The van der Waals surface area contributed by atoms with Crippen LogP contribution in [-0.2, 0) is 16.1 Å². The molecular formula is C14H15N3O3. The molecule has 104 valence electrons. The highest BCUT2D eigenvalue weighted by molar-refractivity contribution is 5.70. The highest BCUT2D eigenvalue weighted by Crippen LogP contribution is 2.16. The standard InChI is InChI=1S/C14H15N3O3/c1-19-14(18)9-20-13-4-2-12(3-5-13)17-8-11-6-15-10-16-7-11/h2-7,10,17H,8-9H2,1H3. The number of hydrogen-bond acceptors (Lipinski definition) is 6. The lowest BCUT2D eigenvalue weighted by atomic mass is 10.3. The fourth-order valence-electron chi connectivity index (χ4n) is 1.50. The summed E-state index contributed by atoms with van der Waals surface area (Å²) in [5.74, 6) is 0.209. The van der Waals surface area contributed by atoms with Gasteiger partial charge in [-0.25, -0.2) is 14.8 Å². The molecule has 0 atom stereocenters. The van der Waals surface area contributed by atoms with Crippen LogP contribution in [0.1, 0.15) is 5.56 Å². The lowest BCUT2D eigenvalue weighted by Crippen LogP contribution is -2.12. The topological polar surface area (TPSA) is 73.3 Å². The van der Waals surface area contributed by atoms with Crippen LogP contribution in [0.15, 0.2) is 43.0 Å². The van der Waals surface area contributed by atoms with Crippen LogP contribution in [0.25, 0.3) is 0 Å². The summed E-state index contributed by atoms with van der Waals surface area (Å²) >= 11 is 0. The van der Waals surface area contributed by atoms with Crippen molar-refractivity contribution < 1.29 is 14.3 Å². The van der Waals surface area contributed by atoms with Crippen LogP contribution in [0.4, 0.5) is 5.69 Å². The lowest BCUT2D eigenvalue weighted by molar-refractivity contribution is -0.142. The molecule has 0 spiro atoms. The minimum absolute atomic E-state index is 0.0926. The Balaban J connectivity index is 1.84. The van der Waals surface area contributed by atoms with Crippen molar-refractivity contribution in [2.45, 2.75) is 6.54 Å². The van der Waals surface area contributed by atoms with Gasteiger partial charge in [0, 0.05) is 30.2 Å². The molecule has 0 saturated carbocycles. The second kappa shape index (κ2) is 7.08. The summed E-state index contributed by atoms with van der Waals surface area (Å²) in [7, 11) is 1.33. The molecule has 1 heterocycles. The van der Waals surface area contributed by atoms with Crippen LogP contribution < -0.4 is 10.1 Å². The quantitative estimate of drug-likeness (QED) is 0.807. The van der Waals surface area contributed by atoms with E-state index < -0.39 is 5.97 Å². The predicted octanol–water partition coefficient (Wildman–Crippen LogP) is 1.64. The summed E-state index contributed by atoms with van der Waals surface area (Å²) in [5, 5.41) is 3.24. The molecule has 0 radical (unpaired) electrons. The number of hydrogen-bond donors (Lipinski definition) is 1. The van der Waals surface area contributed by atoms with Crippen molar-refractivity contribution in [1.82, 2.24) is 9.97 Å². The van der Waals surface area contributed by atoms with Crippen molar-refractivity contribution in [1.29, 1.82) is 0 Å². The van der Waals surface area contributed by atoms with Crippen LogP contribution in [0.5, 0.6) is 5.75 Å². The molecule has 0 fully saturated rings. The van der Waals surface area contributed by atoms with Crippen molar-refractivity contribution >= 4 is 11.7 Å². The van der Waals surface area contributed by atoms with Crippen LogP contribution >= 0.6 is 0 Å². The number of esters is 1. The number of carbonyl (C=O) groups excluding carboxylic acids is 1. The number of aromatic nitrogens is 2. The first kappa shape index (κ1) is 13.8. The van der Waals surface area contributed by atoms with Crippen LogP contribution in [0.2, 0.25) is 0 Å². The molecule has 20 heavy (non-hydrogen) atoms. The number of benzene rings is 1. The lowest BCUT2D eigenvalue weighted by Gasteiger charge is -2.08. The molecule has 0 amide bonds. The number of methoxy groups -OCH3 is 1. The first-order valence-electron chi connectivity index (χ1n) is 6.05. The van der Waals surface area contributed by atoms with E-state index in [9.17, 15) is 4.79 Å². The van der Waals surface area contributed by atoms with Crippen LogP contribution in [0.3, 0.4) is 0 Å². The monoisotopic (exact) mass is 273 g/mol. The number of ether oxygens (including phenoxy) is 2. The Bertz CT molecular complexity index is 543. The zero-order valence-electron chi connectivity index (χ0n) is 11.1. The van der Waals surface area contributed by atoms with Gasteiger partial charge in [0.1, 0.15) is 12.1 Å². The Labute approximate surface area is 116 Å². The Morgan fingerprint density at radius 2 is 1.90 bits per heavy atom. The molecular weight excluding hydrogens is 258 g/mol. The third-order valence-corrected chi connectivity index (χ3v) is 2.55. The number of nitrogens with zero attached hydrogens (tertiary/aromatic N) is 2. The van der Waals surface area contributed by atoms with Crippen LogP contribution in [0, 0.1) is 0 Å². The molecule has 0 unspecified atom stereocenters. The van der Waals surface area contributed by atoms with Gasteiger partial charge in [-0.2, -0.15) is 0 Å². The van der Waals surface area contributed by atoms with Gasteiger partial charge < -0.3 is 14.8 Å². The van der Waals surface area contributed by atoms with E-state index >= 15 is 0 Å². The van der Waals surface area contributed by atoms with Gasteiger partial charge in [0.2, 0.25) is 0 Å². The Morgan fingerprint density at radius 3 is 2.55 bits per heavy atom. The van der Waals surface area contributed by atoms with Gasteiger partial charge in [-0.05, 0) is 24.3 Å². The molecule has 1 N–H and O–H groups in total. The molecule has 0 saturated heterocycles. The molecule has 0 aliphatic rings. The molecule has 1 aromatic carbocycles. The third-order valence-electron chi connectivity index (χ3n) is 2.55. The fraction of sp³-hybridized carbons (Fsp3) is 0.214. The largest absolute Gasteiger partial charge is 0.482 e. The Hall–Kier alpha value is -2.63. The summed E-state index contributed by atoms with van der Waals surface area (Å²) in [6.45, 7) is 0.549. The number of carbonyl (C=O) groups is 1. The molecule has 2 aromatic rings. The number of nitrogens with one attached hydrogen (secondary N) is 1. The average Bonchev–Trinajstić information content (AvgIpc) is 2.52. The van der Waals surface area contributed by atoms with E-state index in [0.29, 0.717) is 12.3 Å². The maximum absolute atomic E-state index is 10.9. The summed E-state index contributed by atoms with van der Waals surface area (Å²) in [6.07, 6.45) is 5.01. The molecule has 6 nitrogen and oxygen atoms in total. The van der Waals surface area contributed by atoms with E-state index in [2.05, 4.69) is 20.0 Å². The summed E-state index contributed by atoms with van der Waals surface area (Å²) in [5.41, 5.74) is 1.94. The smallest absolute Gasteiger partial charge is 0.343 e. The van der Waals surface area contributed by atoms with E-state index in [1.165, 1.54) is 13.4 Å². The predicted molar refractivity (Wildman–Crippen MR) is 73.3 cm³/mol. The summed E-state index contributed by atoms with van der Waals surface area (Å²) in [6, 6.07) is 7.31. The second-order valence-electron chi connectivity index (χ2n) is 3.99. The van der Waals surface area contributed by atoms with Crippen molar-refractivity contribution in [3.05, 3.63) is 48.5 Å². The minimum atomic E-state index is -0.406. The third kappa shape index (κ3) is 4.24. The molecule has 6 heteroatoms. The highest BCUT2D eigenvalue weighted by atomic mass is 16.6. The second-order valence-corrected chi connectivity index (χ2v) is 3.99. The van der Waals surface area contributed by atoms with Crippen molar-refractivity contribution in [3.8, 4) is 5.75 Å². The minimum Gasteiger partial charge on any atom is -0.482 e. The van der Waals surface area contributed by atoms with Crippen molar-refractivity contribution in [2.75, 3.05) is 19.0 Å². The van der Waals surface area contributed by atoms with Gasteiger partial charge in [-0.1, -0.05) is 0 Å². The molecule has 2 rings (SSSR count). The molecule has 0 bridgehead atoms. The first-order valence-corrected chi connectivity index (χ1v) is 6.05. The van der Waals surface area contributed by atoms with E-state index in [1.807, 2.05) is 12.1 Å². The number of anilines is 1. The number of rotatable bonds is 6. The highest BCUT2D eigenvalue weighted by Gasteiger charge is 2.01. The maximum atomic E-state index is 10.9. The van der Waals surface area contributed by atoms with E-state index in [4.69, 9.17) is 4.74 Å². The van der Waals surface area contributed by atoms with E-state index in [1.54, 1.807) is 24.5 Å². The van der Waals surface area contributed by atoms with Gasteiger partial charge in [0.15, 0.2) is 6.61 Å². The molecule has 0 aliphatic carbocycles. The normalized spacial score (nSPS) is 9.85. The van der Waals surface area contributed by atoms with E-state index in [-0.39, 0.29) is 6.61 Å². The van der Waals surface area contributed by atoms with Gasteiger partial charge >= 0.3 is 5.97 Å². The zero-order valence-corrected chi connectivity index (χ0v) is 11.1. The molecule has 0 aliphatic heterocycles. The summed E-state index contributed by atoms with van der Waals surface area (Å²) < 4.78 is 9.75. The van der Waals surface area contributed by atoms with Crippen molar-refractivity contribution in [2.24, 2.45) is 0 Å². The van der Waals surface area contributed by atoms with E-state index in [0.717, 1.165) is 11.3 Å². The average molecular weight is 273 g/mol. The first-order chi connectivity index (χ1) is 9.78.